The minimum atomic E-state index is -0.512. The molecule has 3 N–H and O–H groups in total. The highest BCUT2D eigenvalue weighted by molar-refractivity contribution is 7.16. The molecule has 0 atom stereocenters. The zero-order chi connectivity index (χ0) is 7.56. The van der Waals surface area contributed by atoms with Gasteiger partial charge in [0.05, 0.1) is 5.00 Å². The Hall–Kier alpha value is -1.03. The Balaban J connectivity index is 2.67. The Labute approximate surface area is 62.9 Å². The minimum absolute atomic E-state index is 0.512. The van der Waals surface area contributed by atoms with E-state index in [1.165, 1.54) is 11.3 Å². The normalized spacial score (nSPS) is 9.30. The first-order valence-electron chi connectivity index (χ1n) is 2.81. The molecule has 0 saturated carbocycles. The molecule has 1 aromatic heterocycles. The Morgan fingerprint density at radius 1 is 1.70 bits per heavy atom. The fraction of sp³-hybridized carbons (Fsp3) is 0.167. The summed E-state index contributed by atoms with van der Waals surface area (Å²) in [4.78, 5) is 11.5. The zero-order valence-corrected chi connectivity index (χ0v) is 6.37. The average Bonchev–Trinajstić information content (AvgIpc) is 2.13. The fourth-order valence-electron chi connectivity index (χ4n) is 0.623. The number of nitrogens with two attached hydrogens (primary N) is 1. The van der Waals surface area contributed by atoms with Gasteiger partial charge in [0.25, 0.3) is 0 Å². The number of primary amides is 1. The minimum Gasteiger partial charge on any atom is -0.351 e. The van der Waals surface area contributed by atoms with Gasteiger partial charge in [-0.25, -0.2) is 4.79 Å². The molecule has 54 valence electrons. The van der Waals surface area contributed by atoms with Gasteiger partial charge in [-0.3, -0.25) is 5.32 Å². The number of thiophene rings is 1. The molecule has 1 rings (SSSR count). The van der Waals surface area contributed by atoms with Crippen LogP contribution < -0.4 is 11.1 Å². The van der Waals surface area contributed by atoms with E-state index in [1.54, 1.807) is 0 Å². The number of hydrogen-bond acceptors (Lipinski definition) is 2. The van der Waals surface area contributed by atoms with Crippen LogP contribution in [-0.4, -0.2) is 6.03 Å². The largest absolute Gasteiger partial charge is 0.351 e. The van der Waals surface area contributed by atoms with Crippen LogP contribution >= 0.6 is 11.3 Å². The van der Waals surface area contributed by atoms with Crippen LogP contribution in [0.2, 0.25) is 0 Å². The molecule has 4 heteroatoms. The van der Waals surface area contributed by atoms with Crippen molar-refractivity contribution >= 4 is 22.4 Å². The standard InChI is InChI=1S/C6H8N2OS/c1-4-2-3-5(10-4)8-6(7)9/h2-3H,1H3,(H3,7,8,9). The molecule has 10 heavy (non-hydrogen) atoms. The average molecular weight is 156 g/mol. The van der Waals surface area contributed by atoms with E-state index in [-0.39, 0.29) is 0 Å². The van der Waals surface area contributed by atoms with Crippen LogP contribution in [0.4, 0.5) is 9.80 Å². The van der Waals surface area contributed by atoms with E-state index in [2.05, 4.69) is 5.32 Å². The Kier molecular flexibility index (Phi) is 1.91. The van der Waals surface area contributed by atoms with Gasteiger partial charge in [-0.2, -0.15) is 0 Å². The lowest BCUT2D eigenvalue weighted by atomic mass is 10.5. The predicted molar refractivity (Wildman–Crippen MR) is 42.3 cm³/mol. The van der Waals surface area contributed by atoms with E-state index >= 15 is 0 Å². The summed E-state index contributed by atoms with van der Waals surface area (Å²) in [5.41, 5.74) is 4.89. The molecular weight excluding hydrogens is 148 g/mol. The Morgan fingerprint density at radius 3 is 2.80 bits per heavy atom. The van der Waals surface area contributed by atoms with Gasteiger partial charge in [-0.1, -0.05) is 0 Å². The summed E-state index contributed by atoms with van der Waals surface area (Å²) in [5.74, 6) is 0. The monoisotopic (exact) mass is 156 g/mol. The summed E-state index contributed by atoms with van der Waals surface area (Å²) >= 11 is 1.50. The van der Waals surface area contributed by atoms with Gasteiger partial charge in [-0.05, 0) is 19.1 Å². The maximum atomic E-state index is 10.3. The summed E-state index contributed by atoms with van der Waals surface area (Å²) in [6.07, 6.45) is 0. The smallest absolute Gasteiger partial charge is 0.317 e. The lowest BCUT2D eigenvalue weighted by Crippen LogP contribution is -2.18. The summed E-state index contributed by atoms with van der Waals surface area (Å²) in [6.45, 7) is 1.97. The third-order valence-electron chi connectivity index (χ3n) is 0.987. The van der Waals surface area contributed by atoms with E-state index in [0.717, 1.165) is 9.88 Å². The van der Waals surface area contributed by atoms with Crippen molar-refractivity contribution in [1.29, 1.82) is 0 Å². The number of nitrogens with one attached hydrogen (secondary N) is 1. The number of rotatable bonds is 1. The first-order chi connectivity index (χ1) is 4.68. The molecule has 0 spiro atoms. The molecule has 0 radical (unpaired) electrons. The molecule has 0 unspecified atom stereocenters. The Morgan fingerprint density at radius 2 is 2.40 bits per heavy atom. The molecule has 0 saturated heterocycles. The second-order valence-electron chi connectivity index (χ2n) is 1.90. The lowest BCUT2D eigenvalue weighted by Gasteiger charge is -1.92. The fourth-order valence-corrected chi connectivity index (χ4v) is 1.39. The van der Waals surface area contributed by atoms with E-state index in [4.69, 9.17) is 5.73 Å². The SMILES string of the molecule is Cc1ccc(NC(N)=O)s1. The summed E-state index contributed by atoms with van der Waals surface area (Å²) < 4.78 is 0. The van der Waals surface area contributed by atoms with Gasteiger partial charge >= 0.3 is 6.03 Å². The van der Waals surface area contributed by atoms with Crippen LogP contribution in [0.15, 0.2) is 12.1 Å². The first kappa shape index (κ1) is 7.08. The number of aryl methyl sites for hydroxylation is 1. The van der Waals surface area contributed by atoms with Crippen LogP contribution in [0.5, 0.6) is 0 Å². The maximum absolute atomic E-state index is 10.3. The van der Waals surface area contributed by atoms with Crippen molar-refractivity contribution in [2.24, 2.45) is 5.73 Å². The number of hydrogen-bond donors (Lipinski definition) is 2. The van der Waals surface area contributed by atoms with Crippen LogP contribution in [0.25, 0.3) is 0 Å². The van der Waals surface area contributed by atoms with Crippen LogP contribution in [0.3, 0.4) is 0 Å². The molecule has 0 aliphatic heterocycles. The third-order valence-corrected chi connectivity index (χ3v) is 1.90. The van der Waals surface area contributed by atoms with Crippen molar-refractivity contribution in [3.63, 3.8) is 0 Å². The van der Waals surface area contributed by atoms with Crippen LogP contribution in [0, 0.1) is 6.92 Å². The summed E-state index contributed by atoms with van der Waals surface area (Å²) in [6, 6.07) is 3.24. The quantitative estimate of drug-likeness (QED) is 0.636. The molecule has 1 heterocycles. The molecule has 0 bridgehead atoms. The van der Waals surface area contributed by atoms with Gasteiger partial charge in [-0.15, -0.1) is 11.3 Å². The van der Waals surface area contributed by atoms with Crippen molar-refractivity contribution in [2.45, 2.75) is 6.92 Å². The van der Waals surface area contributed by atoms with Gasteiger partial charge in [0, 0.05) is 4.88 Å². The number of amides is 2. The Bertz CT molecular complexity index is 244. The topological polar surface area (TPSA) is 55.1 Å². The molecule has 1 aromatic rings. The lowest BCUT2D eigenvalue weighted by molar-refractivity contribution is 0.259. The summed E-state index contributed by atoms with van der Waals surface area (Å²) in [5, 5.41) is 3.28. The molecular formula is C6H8N2OS. The van der Waals surface area contributed by atoms with Crippen molar-refractivity contribution in [3.05, 3.63) is 17.0 Å². The second kappa shape index (κ2) is 2.70. The molecule has 0 fully saturated rings. The molecule has 2 amide bonds. The van der Waals surface area contributed by atoms with Crippen LogP contribution in [0.1, 0.15) is 4.88 Å². The van der Waals surface area contributed by atoms with Crippen molar-refractivity contribution in [1.82, 2.24) is 0 Å². The van der Waals surface area contributed by atoms with Gasteiger partial charge in [0.1, 0.15) is 0 Å². The van der Waals surface area contributed by atoms with Gasteiger partial charge in [0.15, 0.2) is 0 Å². The molecule has 3 nitrogen and oxygen atoms in total. The van der Waals surface area contributed by atoms with Crippen molar-refractivity contribution in [2.75, 3.05) is 5.32 Å². The first-order valence-corrected chi connectivity index (χ1v) is 3.63. The zero-order valence-electron chi connectivity index (χ0n) is 5.55. The third kappa shape index (κ3) is 1.73. The number of carbonyl (C=O) groups is 1. The second-order valence-corrected chi connectivity index (χ2v) is 3.19. The van der Waals surface area contributed by atoms with Gasteiger partial charge in [0.2, 0.25) is 0 Å². The highest BCUT2D eigenvalue weighted by atomic mass is 32.1. The maximum Gasteiger partial charge on any atom is 0.317 e. The van der Waals surface area contributed by atoms with E-state index in [0.29, 0.717) is 0 Å². The van der Waals surface area contributed by atoms with Crippen molar-refractivity contribution < 1.29 is 4.79 Å². The highest BCUT2D eigenvalue weighted by Gasteiger charge is 1.96. The number of carbonyl (C=O) groups excluding carboxylic acids is 1. The number of urea groups is 1. The van der Waals surface area contributed by atoms with E-state index < -0.39 is 6.03 Å². The highest BCUT2D eigenvalue weighted by Crippen LogP contribution is 2.19. The van der Waals surface area contributed by atoms with Gasteiger partial charge < -0.3 is 5.73 Å². The molecule has 0 aliphatic carbocycles. The van der Waals surface area contributed by atoms with E-state index in [1.807, 2.05) is 19.1 Å². The van der Waals surface area contributed by atoms with Crippen molar-refractivity contribution in [3.8, 4) is 0 Å². The molecule has 0 aromatic carbocycles. The van der Waals surface area contributed by atoms with Crippen LogP contribution in [-0.2, 0) is 0 Å². The summed E-state index contributed by atoms with van der Waals surface area (Å²) in [7, 11) is 0. The molecule has 0 aliphatic rings. The van der Waals surface area contributed by atoms with E-state index in [9.17, 15) is 4.79 Å². The number of anilines is 1. The predicted octanol–water partition coefficient (Wildman–Crippen LogP) is 1.55.